The van der Waals surface area contributed by atoms with Gasteiger partial charge in [-0.3, -0.25) is 9.63 Å². The van der Waals surface area contributed by atoms with Crippen LogP contribution in [0.5, 0.6) is 0 Å². The minimum atomic E-state index is -1.82. The van der Waals surface area contributed by atoms with Crippen LogP contribution in [0.3, 0.4) is 0 Å². The Balaban J connectivity index is 2.69. The summed E-state index contributed by atoms with van der Waals surface area (Å²) in [7, 11) is -1.82. The van der Waals surface area contributed by atoms with E-state index in [4.69, 9.17) is 15.0 Å². The minimum absolute atomic E-state index is 0.0240. The summed E-state index contributed by atoms with van der Waals surface area (Å²) < 4.78 is 6.21. The molecule has 0 aromatic heterocycles. The maximum absolute atomic E-state index is 11.7. The fraction of sp³-hybridized carbons (Fsp3) is 0.688. The summed E-state index contributed by atoms with van der Waals surface area (Å²) in [5, 5.41) is 3.50. The van der Waals surface area contributed by atoms with E-state index in [2.05, 4.69) is 51.2 Å². The van der Waals surface area contributed by atoms with E-state index in [0.29, 0.717) is 25.3 Å². The lowest BCUT2D eigenvalue weighted by Crippen LogP contribution is -2.52. The summed E-state index contributed by atoms with van der Waals surface area (Å²) in [6.07, 6.45) is 3.47. The quantitative estimate of drug-likeness (QED) is 0.269. The molecule has 1 aliphatic heterocycles. The smallest absolute Gasteiger partial charge is 0.246 e. The van der Waals surface area contributed by atoms with E-state index in [1.807, 2.05) is 6.08 Å². The van der Waals surface area contributed by atoms with Gasteiger partial charge in [0.2, 0.25) is 5.91 Å². The molecule has 0 fully saturated rings. The molecule has 2 atom stereocenters. The molecule has 0 spiro atoms. The summed E-state index contributed by atoms with van der Waals surface area (Å²) in [6, 6.07) is -0.291. The highest BCUT2D eigenvalue weighted by atomic mass is 28.4. The predicted octanol–water partition coefficient (Wildman–Crippen LogP) is 1.47. The first-order chi connectivity index (χ1) is 10.6. The van der Waals surface area contributed by atoms with Crippen LogP contribution in [-0.2, 0) is 14.1 Å². The number of carbonyl (C=O) groups is 1. The van der Waals surface area contributed by atoms with Crippen molar-refractivity contribution < 1.29 is 14.1 Å². The van der Waals surface area contributed by atoms with Gasteiger partial charge in [0.15, 0.2) is 8.32 Å². The fourth-order valence-electron chi connectivity index (χ4n) is 1.96. The van der Waals surface area contributed by atoms with Crippen LogP contribution in [-0.4, -0.2) is 46.1 Å². The minimum Gasteiger partial charge on any atom is -0.415 e. The van der Waals surface area contributed by atoms with Gasteiger partial charge in [0.05, 0.1) is 19.3 Å². The Kier molecular flexibility index (Phi) is 7.16. The second kappa shape index (κ2) is 8.21. The average Bonchev–Trinajstić information content (AvgIpc) is 2.45. The first-order valence-electron chi connectivity index (χ1n) is 7.95. The van der Waals surface area contributed by atoms with Gasteiger partial charge in [0, 0.05) is 18.2 Å². The van der Waals surface area contributed by atoms with Gasteiger partial charge in [-0.25, -0.2) is 0 Å². The Morgan fingerprint density at radius 1 is 1.57 bits per heavy atom. The van der Waals surface area contributed by atoms with Crippen molar-refractivity contribution in [3.8, 4) is 0 Å². The van der Waals surface area contributed by atoms with E-state index in [1.54, 1.807) is 6.08 Å². The molecule has 6 nitrogen and oxygen atoms in total. The number of hydrogen-bond acceptors (Lipinski definition) is 5. The summed E-state index contributed by atoms with van der Waals surface area (Å²) in [5.74, 6) is -0.441. The topological polar surface area (TPSA) is 85.6 Å². The Morgan fingerprint density at radius 3 is 2.74 bits per heavy atom. The van der Waals surface area contributed by atoms with E-state index in [0.717, 1.165) is 0 Å². The normalized spacial score (nSPS) is 22.6. The van der Waals surface area contributed by atoms with Crippen LogP contribution < -0.4 is 16.5 Å². The summed E-state index contributed by atoms with van der Waals surface area (Å²) in [4.78, 5) is 16.9. The number of nitrogens with two attached hydrogens (primary N) is 1. The third kappa shape index (κ3) is 5.85. The third-order valence-electron chi connectivity index (χ3n) is 4.48. The fourth-order valence-corrected chi connectivity index (χ4v) is 2.99. The lowest BCUT2D eigenvalue weighted by atomic mass is 10.00. The molecular weight excluding hydrogens is 310 g/mol. The second-order valence-electron chi connectivity index (χ2n) is 7.34. The Bertz CT molecular complexity index is 458. The Hall–Kier alpha value is -0.993. The zero-order valence-corrected chi connectivity index (χ0v) is 15.9. The molecule has 0 saturated heterocycles. The first kappa shape index (κ1) is 20.1. The van der Waals surface area contributed by atoms with Crippen LogP contribution in [0.4, 0.5) is 0 Å². The van der Waals surface area contributed by atoms with Crippen LogP contribution in [0.2, 0.25) is 18.1 Å². The maximum Gasteiger partial charge on any atom is 0.246 e. The zero-order valence-electron chi connectivity index (χ0n) is 14.9. The van der Waals surface area contributed by atoms with Crippen LogP contribution in [0, 0.1) is 0 Å². The Labute approximate surface area is 140 Å². The van der Waals surface area contributed by atoms with Crippen LogP contribution >= 0.6 is 0 Å². The summed E-state index contributed by atoms with van der Waals surface area (Å²) in [6.45, 7) is 16.1. The van der Waals surface area contributed by atoms with Crippen molar-refractivity contribution in [3.63, 3.8) is 0 Å². The molecule has 7 heteroatoms. The Morgan fingerprint density at radius 2 is 2.22 bits per heavy atom. The van der Waals surface area contributed by atoms with Crippen molar-refractivity contribution in [2.45, 2.75) is 51.0 Å². The molecule has 0 bridgehead atoms. The first-order valence-corrected chi connectivity index (χ1v) is 10.9. The predicted molar refractivity (Wildman–Crippen MR) is 95.3 cm³/mol. The van der Waals surface area contributed by atoms with Crippen molar-refractivity contribution in [2.24, 2.45) is 5.73 Å². The van der Waals surface area contributed by atoms with E-state index in [9.17, 15) is 4.79 Å². The van der Waals surface area contributed by atoms with Gasteiger partial charge >= 0.3 is 0 Å². The second-order valence-corrected chi connectivity index (χ2v) is 12.2. The average molecular weight is 342 g/mol. The molecule has 1 rings (SSSR count). The standard InChI is InChI=1S/C16H31N3O3Si/c1-7-8-21-19-14-10-18-12(9-13(14)15(17)20)11-22-23(5,6)16(2,3)4/h7,9,12,14,18-19H,1,8,10-11H2,2-6H3,(H2,17,20). The lowest BCUT2D eigenvalue weighted by molar-refractivity contribution is -0.115. The monoisotopic (exact) mass is 341 g/mol. The molecule has 0 radical (unpaired) electrons. The van der Waals surface area contributed by atoms with Gasteiger partial charge in [-0.1, -0.05) is 32.9 Å². The number of nitrogens with one attached hydrogen (secondary N) is 2. The van der Waals surface area contributed by atoms with Gasteiger partial charge in [-0.05, 0) is 18.1 Å². The highest BCUT2D eigenvalue weighted by molar-refractivity contribution is 6.74. The lowest BCUT2D eigenvalue weighted by Gasteiger charge is -2.38. The molecule has 2 unspecified atom stereocenters. The van der Waals surface area contributed by atoms with E-state index in [-0.39, 0.29) is 17.1 Å². The molecule has 23 heavy (non-hydrogen) atoms. The molecule has 1 heterocycles. The number of hydroxylamine groups is 1. The van der Waals surface area contributed by atoms with Gasteiger partial charge in [-0.2, -0.15) is 5.48 Å². The van der Waals surface area contributed by atoms with Gasteiger partial charge in [-0.15, -0.1) is 6.58 Å². The van der Waals surface area contributed by atoms with Crippen molar-refractivity contribution in [1.82, 2.24) is 10.8 Å². The van der Waals surface area contributed by atoms with E-state index in [1.165, 1.54) is 0 Å². The van der Waals surface area contributed by atoms with Crippen molar-refractivity contribution in [1.29, 1.82) is 0 Å². The summed E-state index contributed by atoms with van der Waals surface area (Å²) >= 11 is 0. The molecule has 0 aromatic carbocycles. The number of amides is 1. The van der Waals surface area contributed by atoms with Crippen LogP contribution in [0.25, 0.3) is 0 Å². The van der Waals surface area contributed by atoms with Crippen molar-refractivity contribution in [3.05, 3.63) is 24.3 Å². The highest BCUT2D eigenvalue weighted by Crippen LogP contribution is 2.36. The van der Waals surface area contributed by atoms with Crippen LogP contribution in [0.1, 0.15) is 20.8 Å². The van der Waals surface area contributed by atoms with Crippen LogP contribution in [0.15, 0.2) is 24.3 Å². The molecule has 132 valence electrons. The molecule has 0 aromatic rings. The van der Waals surface area contributed by atoms with E-state index >= 15 is 0 Å². The maximum atomic E-state index is 11.7. The molecular formula is C16H31N3O3Si. The highest BCUT2D eigenvalue weighted by Gasteiger charge is 2.38. The van der Waals surface area contributed by atoms with Crippen molar-refractivity contribution >= 4 is 14.2 Å². The summed E-state index contributed by atoms with van der Waals surface area (Å²) in [5.41, 5.74) is 8.85. The van der Waals surface area contributed by atoms with Gasteiger partial charge in [0.1, 0.15) is 0 Å². The van der Waals surface area contributed by atoms with E-state index < -0.39 is 14.2 Å². The van der Waals surface area contributed by atoms with Gasteiger partial charge in [0.25, 0.3) is 0 Å². The number of carbonyl (C=O) groups excluding carboxylic acids is 1. The third-order valence-corrected chi connectivity index (χ3v) is 8.98. The molecule has 1 amide bonds. The molecule has 1 aliphatic rings. The molecule has 0 aliphatic carbocycles. The molecule has 4 N–H and O–H groups in total. The SMILES string of the molecule is C=CCONC1CNC(CO[Si](C)(C)C(C)(C)C)C=C1C(N)=O. The molecule has 0 saturated carbocycles. The largest absolute Gasteiger partial charge is 0.415 e. The zero-order chi connectivity index (χ0) is 17.7. The van der Waals surface area contributed by atoms with Crippen molar-refractivity contribution in [2.75, 3.05) is 19.8 Å². The van der Waals surface area contributed by atoms with Gasteiger partial charge < -0.3 is 15.5 Å². The number of rotatable bonds is 8. The number of primary amides is 1. The number of hydrogen-bond donors (Lipinski definition) is 3.